The maximum Gasteiger partial charge on any atom is 0.314 e. The molecule has 1 rings (SSSR count). The standard InChI is InChI=1S/C9H10BrNO4/c1-14-9-3-2-7(15-5-4-10)6-8(9)11(12)13/h2-3,6H,4-5H2,1H3. The molecular weight excluding hydrogens is 266 g/mol. The lowest BCUT2D eigenvalue weighted by Crippen LogP contribution is -1.99. The molecule has 0 aliphatic rings. The van der Waals surface area contributed by atoms with Crippen molar-refractivity contribution in [3.63, 3.8) is 0 Å². The minimum atomic E-state index is -0.500. The van der Waals surface area contributed by atoms with E-state index in [0.717, 1.165) is 0 Å². The molecule has 0 saturated carbocycles. The molecule has 6 heteroatoms. The van der Waals surface area contributed by atoms with Crippen LogP contribution in [-0.2, 0) is 0 Å². The molecule has 0 spiro atoms. The Morgan fingerprint density at radius 1 is 1.53 bits per heavy atom. The summed E-state index contributed by atoms with van der Waals surface area (Å²) in [6.07, 6.45) is 0. The number of ether oxygens (including phenoxy) is 2. The van der Waals surface area contributed by atoms with Gasteiger partial charge in [0.1, 0.15) is 5.75 Å². The van der Waals surface area contributed by atoms with Gasteiger partial charge in [-0.25, -0.2) is 0 Å². The van der Waals surface area contributed by atoms with Gasteiger partial charge in [0.2, 0.25) is 0 Å². The van der Waals surface area contributed by atoms with Crippen LogP contribution in [0.1, 0.15) is 0 Å². The predicted molar refractivity (Wildman–Crippen MR) is 58.9 cm³/mol. The Morgan fingerprint density at radius 3 is 2.80 bits per heavy atom. The van der Waals surface area contributed by atoms with Crippen molar-refractivity contribution in [1.82, 2.24) is 0 Å². The van der Waals surface area contributed by atoms with Gasteiger partial charge in [0.05, 0.1) is 24.7 Å². The Hall–Kier alpha value is -1.30. The summed E-state index contributed by atoms with van der Waals surface area (Å²) < 4.78 is 10.1. The van der Waals surface area contributed by atoms with Gasteiger partial charge in [-0.2, -0.15) is 0 Å². The molecule has 0 aliphatic carbocycles. The van der Waals surface area contributed by atoms with Crippen LogP contribution in [0, 0.1) is 10.1 Å². The Bertz CT molecular complexity index is 356. The van der Waals surface area contributed by atoms with Crippen LogP contribution in [0.25, 0.3) is 0 Å². The lowest BCUT2D eigenvalue weighted by atomic mass is 10.3. The van der Waals surface area contributed by atoms with Crippen LogP contribution in [0.4, 0.5) is 5.69 Å². The van der Waals surface area contributed by atoms with Crippen molar-refractivity contribution in [1.29, 1.82) is 0 Å². The van der Waals surface area contributed by atoms with Crippen LogP contribution in [0.5, 0.6) is 11.5 Å². The van der Waals surface area contributed by atoms with Crippen LogP contribution in [-0.4, -0.2) is 24.0 Å². The van der Waals surface area contributed by atoms with Gasteiger partial charge in [0.15, 0.2) is 5.75 Å². The normalized spacial score (nSPS) is 9.73. The van der Waals surface area contributed by atoms with Crippen molar-refractivity contribution >= 4 is 21.6 Å². The summed E-state index contributed by atoms with van der Waals surface area (Å²) in [5, 5.41) is 11.3. The van der Waals surface area contributed by atoms with E-state index in [1.54, 1.807) is 6.07 Å². The average Bonchev–Trinajstić information content (AvgIpc) is 2.25. The summed E-state index contributed by atoms with van der Waals surface area (Å²) in [5.41, 5.74) is -0.0930. The number of benzene rings is 1. The number of methoxy groups -OCH3 is 1. The van der Waals surface area contributed by atoms with E-state index in [2.05, 4.69) is 15.9 Å². The molecule has 0 N–H and O–H groups in total. The highest BCUT2D eigenvalue weighted by atomic mass is 79.9. The second kappa shape index (κ2) is 5.55. The maximum absolute atomic E-state index is 10.7. The van der Waals surface area contributed by atoms with E-state index in [0.29, 0.717) is 17.7 Å². The fourth-order valence-corrected chi connectivity index (χ4v) is 1.22. The van der Waals surface area contributed by atoms with Crippen LogP contribution in [0.3, 0.4) is 0 Å². The van der Waals surface area contributed by atoms with E-state index < -0.39 is 4.92 Å². The lowest BCUT2D eigenvalue weighted by Gasteiger charge is -2.05. The summed E-state index contributed by atoms with van der Waals surface area (Å²) in [6.45, 7) is 0.462. The molecule has 0 heterocycles. The number of nitro groups is 1. The van der Waals surface area contributed by atoms with E-state index in [4.69, 9.17) is 9.47 Å². The van der Waals surface area contributed by atoms with E-state index in [-0.39, 0.29) is 11.4 Å². The highest BCUT2D eigenvalue weighted by Crippen LogP contribution is 2.30. The number of nitrogens with zero attached hydrogens (tertiary/aromatic N) is 1. The van der Waals surface area contributed by atoms with E-state index >= 15 is 0 Å². The SMILES string of the molecule is COc1ccc(OCCBr)cc1[N+](=O)[O-]. The predicted octanol–water partition coefficient (Wildman–Crippen LogP) is 2.38. The van der Waals surface area contributed by atoms with Gasteiger partial charge in [-0.3, -0.25) is 10.1 Å². The molecule has 82 valence electrons. The second-order valence-corrected chi connectivity index (χ2v) is 3.42. The molecule has 0 amide bonds. The third kappa shape index (κ3) is 3.09. The quantitative estimate of drug-likeness (QED) is 0.470. The van der Waals surface area contributed by atoms with Crippen LogP contribution < -0.4 is 9.47 Å². The van der Waals surface area contributed by atoms with Gasteiger partial charge in [0.25, 0.3) is 0 Å². The first kappa shape index (κ1) is 11.8. The lowest BCUT2D eigenvalue weighted by molar-refractivity contribution is -0.385. The molecule has 1 aromatic rings. The van der Waals surface area contributed by atoms with Crippen LogP contribution in [0.2, 0.25) is 0 Å². The first-order valence-corrected chi connectivity index (χ1v) is 5.32. The van der Waals surface area contributed by atoms with E-state index in [1.807, 2.05) is 0 Å². The summed E-state index contributed by atoms with van der Waals surface area (Å²) in [5.74, 6) is 0.688. The zero-order valence-corrected chi connectivity index (χ0v) is 9.69. The number of halogens is 1. The van der Waals surface area contributed by atoms with Gasteiger partial charge in [-0.1, -0.05) is 15.9 Å². The van der Waals surface area contributed by atoms with Gasteiger partial charge >= 0.3 is 5.69 Å². The zero-order chi connectivity index (χ0) is 11.3. The van der Waals surface area contributed by atoms with Crippen molar-refractivity contribution in [2.75, 3.05) is 19.0 Å². The third-order valence-corrected chi connectivity index (χ3v) is 2.02. The Labute approximate surface area is 95.3 Å². The minimum Gasteiger partial charge on any atom is -0.492 e. The molecule has 0 radical (unpaired) electrons. The van der Waals surface area contributed by atoms with Gasteiger partial charge in [0, 0.05) is 5.33 Å². The fraction of sp³-hybridized carbons (Fsp3) is 0.333. The van der Waals surface area contributed by atoms with E-state index in [1.165, 1.54) is 19.2 Å². The zero-order valence-electron chi connectivity index (χ0n) is 8.10. The minimum absolute atomic E-state index is 0.0930. The van der Waals surface area contributed by atoms with Gasteiger partial charge < -0.3 is 9.47 Å². The topological polar surface area (TPSA) is 61.6 Å². The molecular formula is C9H10BrNO4. The van der Waals surface area contributed by atoms with Gasteiger partial charge in [-0.15, -0.1) is 0 Å². The maximum atomic E-state index is 10.7. The first-order valence-electron chi connectivity index (χ1n) is 4.20. The molecule has 0 aromatic heterocycles. The summed E-state index contributed by atoms with van der Waals surface area (Å²) in [7, 11) is 1.39. The highest BCUT2D eigenvalue weighted by Gasteiger charge is 2.15. The summed E-state index contributed by atoms with van der Waals surface area (Å²) in [6, 6.07) is 4.50. The summed E-state index contributed by atoms with van der Waals surface area (Å²) >= 11 is 3.20. The van der Waals surface area contributed by atoms with Crippen LogP contribution >= 0.6 is 15.9 Å². The molecule has 5 nitrogen and oxygen atoms in total. The van der Waals surface area contributed by atoms with Gasteiger partial charge in [-0.05, 0) is 12.1 Å². The number of nitro benzene ring substituents is 1. The molecule has 1 aromatic carbocycles. The Kier molecular flexibility index (Phi) is 4.36. The molecule has 0 fully saturated rings. The van der Waals surface area contributed by atoms with Crippen molar-refractivity contribution < 1.29 is 14.4 Å². The molecule has 0 aliphatic heterocycles. The second-order valence-electron chi connectivity index (χ2n) is 2.63. The van der Waals surface area contributed by atoms with Crippen molar-refractivity contribution in [2.45, 2.75) is 0 Å². The number of hydrogen-bond donors (Lipinski definition) is 0. The van der Waals surface area contributed by atoms with Crippen LogP contribution in [0.15, 0.2) is 18.2 Å². The number of alkyl halides is 1. The van der Waals surface area contributed by atoms with Crippen molar-refractivity contribution in [2.24, 2.45) is 0 Å². The smallest absolute Gasteiger partial charge is 0.314 e. The number of rotatable bonds is 5. The Balaban J connectivity index is 2.94. The monoisotopic (exact) mass is 275 g/mol. The molecule has 0 atom stereocenters. The van der Waals surface area contributed by atoms with Crippen molar-refractivity contribution in [3.8, 4) is 11.5 Å². The molecule has 15 heavy (non-hydrogen) atoms. The first-order chi connectivity index (χ1) is 7.19. The highest BCUT2D eigenvalue weighted by molar-refractivity contribution is 9.09. The number of hydrogen-bond acceptors (Lipinski definition) is 4. The third-order valence-electron chi connectivity index (χ3n) is 1.69. The fourth-order valence-electron chi connectivity index (χ4n) is 1.06. The summed E-state index contributed by atoms with van der Waals surface area (Å²) in [4.78, 5) is 10.2. The van der Waals surface area contributed by atoms with Crippen molar-refractivity contribution in [3.05, 3.63) is 28.3 Å². The molecule has 0 saturated heterocycles. The molecule has 0 unspecified atom stereocenters. The average molecular weight is 276 g/mol. The Morgan fingerprint density at radius 2 is 2.27 bits per heavy atom. The largest absolute Gasteiger partial charge is 0.492 e. The van der Waals surface area contributed by atoms with E-state index in [9.17, 15) is 10.1 Å². The molecule has 0 bridgehead atoms.